The lowest BCUT2D eigenvalue weighted by Crippen LogP contribution is -1.65. The van der Waals surface area contributed by atoms with Crippen molar-refractivity contribution in [2.75, 3.05) is 0 Å². The minimum Gasteiger partial charge on any atom is -0.465 e. The molecule has 0 amide bonds. The molecule has 0 N–H and O–H groups in total. The van der Waals surface area contributed by atoms with Gasteiger partial charge in [0.15, 0.2) is 0 Å². The average Bonchev–Trinajstić information content (AvgIpc) is 2.60. The van der Waals surface area contributed by atoms with Crippen molar-refractivity contribution < 1.29 is 4.42 Å². The van der Waals surface area contributed by atoms with Crippen LogP contribution in [0.4, 0.5) is 0 Å². The van der Waals surface area contributed by atoms with Crippen molar-refractivity contribution in [3.63, 3.8) is 0 Å². The Balaban J connectivity index is 2.28. The van der Waals surface area contributed by atoms with Crippen LogP contribution in [0.2, 0.25) is 0 Å². The molecule has 0 radical (unpaired) electrons. The summed E-state index contributed by atoms with van der Waals surface area (Å²) in [5.41, 5.74) is 1.18. The maximum Gasteiger partial charge on any atom is 0.127 e. The van der Waals surface area contributed by atoms with E-state index in [1.807, 2.05) is 42.5 Å². The first-order valence-electron chi connectivity index (χ1n) is 3.55. The molecular weight excluding hydrogens is 136 g/mol. The Hall–Kier alpha value is -1.50. The van der Waals surface area contributed by atoms with Crippen LogP contribution in [0.25, 0.3) is 6.08 Å². The molecule has 54 valence electrons. The molecule has 1 heterocycles. The summed E-state index contributed by atoms with van der Waals surface area (Å²) in [5.74, 6) is 0.899. The molecule has 1 heteroatoms. The van der Waals surface area contributed by atoms with Gasteiger partial charge in [0.25, 0.3) is 0 Å². The highest BCUT2D eigenvalue weighted by Crippen LogP contribution is 2.12. The smallest absolute Gasteiger partial charge is 0.127 e. The van der Waals surface area contributed by atoms with Crippen LogP contribution in [-0.4, -0.2) is 0 Å². The topological polar surface area (TPSA) is 13.1 Å². The van der Waals surface area contributed by atoms with Crippen molar-refractivity contribution in [2.24, 2.45) is 0 Å². The van der Waals surface area contributed by atoms with Crippen molar-refractivity contribution in [3.8, 4) is 0 Å². The van der Waals surface area contributed by atoms with E-state index in [4.69, 9.17) is 4.42 Å². The third-order valence-electron chi connectivity index (χ3n) is 1.54. The highest BCUT2D eigenvalue weighted by Gasteiger charge is 1.93. The van der Waals surface area contributed by atoms with E-state index in [1.54, 1.807) is 6.26 Å². The fraction of sp³-hybridized carbons (Fsp3) is 0. The molecule has 1 nitrogen and oxygen atoms in total. The van der Waals surface area contributed by atoms with E-state index >= 15 is 0 Å². The number of hydrogen-bond acceptors (Lipinski definition) is 1. The highest BCUT2D eigenvalue weighted by atomic mass is 16.3. The zero-order chi connectivity index (χ0) is 7.52. The number of rotatable bonds is 1. The minimum atomic E-state index is 0.899. The molecule has 1 aromatic heterocycles. The van der Waals surface area contributed by atoms with Gasteiger partial charge in [0.05, 0.1) is 6.26 Å². The molecule has 0 bridgehead atoms. The maximum atomic E-state index is 5.15. The quantitative estimate of drug-likeness (QED) is 0.590. The molecule has 0 aromatic carbocycles. The first-order valence-corrected chi connectivity index (χ1v) is 3.55. The van der Waals surface area contributed by atoms with Crippen molar-refractivity contribution in [3.05, 3.63) is 54.0 Å². The van der Waals surface area contributed by atoms with E-state index < -0.39 is 0 Å². The van der Waals surface area contributed by atoms with Crippen LogP contribution in [0.15, 0.2) is 52.7 Å². The van der Waals surface area contributed by atoms with Gasteiger partial charge >= 0.3 is 0 Å². The SMILES string of the molecule is C1=CC(=Cc2ccco2)C=C1. The lowest BCUT2D eigenvalue weighted by Gasteiger charge is -1.86. The van der Waals surface area contributed by atoms with Crippen molar-refractivity contribution in [2.45, 2.75) is 0 Å². The molecule has 2 rings (SSSR count). The molecular formula is C10H8O. The summed E-state index contributed by atoms with van der Waals surface area (Å²) in [4.78, 5) is 0. The summed E-state index contributed by atoms with van der Waals surface area (Å²) in [6.45, 7) is 0. The zero-order valence-electron chi connectivity index (χ0n) is 6.03. The van der Waals surface area contributed by atoms with Gasteiger partial charge in [0.1, 0.15) is 5.76 Å². The van der Waals surface area contributed by atoms with Crippen molar-refractivity contribution in [1.82, 2.24) is 0 Å². The Bertz CT molecular complexity index is 299. The molecule has 1 aliphatic rings. The van der Waals surface area contributed by atoms with Crippen molar-refractivity contribution >= 4 is 6.08 Å². The van der Waals surface area contributed by atoms with Gasteiger partial charge in [-0.1, -0.05) is 24.3 Å². The second-order valence-electron chi connectivity index (χ2n) is 2.38. The van der Waals surface area contributed by atoms with Gasteiger partial charge in [0.2, 0.25) is 0 Å². The van der Waals surface area contributed by atoms with E-state index in [9.17, 15) is 0 Å². The summed E-state index contributed by atoms with van der Waals surface area (Å²) in [5, 5.41) is 0. The molecule has 0 unspecified atom stereocenters. The Morgan fingerprint density at radius 1 is 1.18 bits per heavy atom. The van der Waals surface area contributed by atoms with E-state index in [0.29, 0.717) is 0 Å². The predicted molar refractivity (Wildman–Crippen MR) is 45.0 cm³/mol. The van der Waals surface area contributed by atoms with Crippen LogP contribution in [0.5, 0.6) is 0 Å². The van der Waals surface area contributed by atoms with E-state index in [1.165, 1.54) is 5.57 Å². The normalized spacial score (nSPS) is 14.4. The lowest BCUT2D eigenvalue weighted by molar-refractivity contribution is 0.557. The summed E-state index contributed by atoms with van der Waals surface area (Å²) >= 11 is 0. The average molecular weight is 144 g/mol. The number of hydrogen-bond donors (Lipinski definition) is 0. The van der Waals surface area contributed by atoms with Gasteiger partial charge in [-0.3, -0.25) is 0 Å². The van der Waals surface area contributed by atoms with Crippen LogP contribution >= 0.6 is 0 Å². The van der Waals surface area contributed by atoms with Crippen LogP contribution in [0, 0.1) is 0 Å². The van der Waals surface area contributed by atoms with Crippen LogP contribution in [0.1, 0.15) is 5.76 Å². The second-order valence-corrected chi connectivity index (χ2v) is 2.38. The molecule has 0 saturated heterocycles. The second kappa shape index (κ2) is 2.62. The third-order valence-corrected chi connectivity index (χ3v) is 1.54. The third kappa shape index (κ3) is 1.32. The lowest BCUT2D eigenvalue weighted by atomic mass is 10.2. The Kier molecular flexibility index (Phi) is 1.48. The highest BCUT2D eigenvalue weighted by molar-refractivity contribution is 5.58. The van der Waals surface area contributed by atoms with Gasteiger partial charge in [-0.2, -0.15) is 0 Å². The molecule has 0 atom stereocenters. The first-order chi connectivity index (χ1) is 5.45. The molecule has 0 aliphatic heterocycles. The summed E-state index contributed by atoms with van der Waals surface area (Å²) in [6, 6.07) is 3.82. The minimum absolute atomic E-state index is 0.899. The Morgan fingerprint density at radius 3 is 2.64 bits per heavy atom. The zero-order valence-corrected chi connectivity index (χ0v) is 6.03. The molecule has 0 spiro atoms. The standard InChI is InChI=1S/C10H8O/c1-2-5-9(4-1)8-10-6-3-7-11-10/h1-8H. The molecule has 0 saturated carbocycles. The summed E-state index contributed by atoms with van der Waals surface area (Å²) in [6.07, 6.45) is 11.8. The fourth-order valence-corrected chi connectivity index (χ4v) is 1.02. The fourth-order valence-electron chi connectivity index (χ4n) is 1.02. The van der Waals surface area contributed by atoms with E-state index in [0.717, 1.165) is 5.76 Å². The predicted octanol–water partition coefficient (Wildman–Crippen LogP) is 2.79. The largest absolute Gasteiger partial charge is 0.465 e. The Morgan fingerprint density at radius 2 is 2.00 bits per heavy atom. The monoisotopic (exact) mass is 144 g/mol. The van der Waals surface area contributed by atoms with Gasteiger partial charge in [0, 0.05) is 0 Å². The van der Waals surface area contributed by atoms with Gasteiger partial charge in [-0.05, 0) is 23.8 Å². The van der Waals surface area contributed by atoms with Gasteiger partial charge < -0.3 is 4.42 Å². The van der Waals surface area contributed by atoms with Crippen molar-refractivity contribution in [1.29, 1.82) is 0 Å². The summed E-state index contributed by atoms with van der Waals surface area (Å²) in [7, 11) is 0. The van der Waals surface area contributed by atoms with Crippen LogP contribution in [0.3, 0.4) is 0 Å². The maximum absolute atomic E-state index is 5.15. The van der Waals surface area contributed by atoms with Gasteiger partial charge in [-0.25, -0.2) is 0 Å². The summed E-state index contributed by atoms with van der Waals surface area (Å²) < 4.78 is 5.15. The number of allylic oxidation sites excluding steroid dienone is 5. The van der Waals surface area contributed by atoms with E-state index in [2.05, 4.69) is 0 Å². The Labute approximate surface area is 65.3 Å². The molecule has 1 aromatic rings. The molecule has 0 fully saturated rings. The van der Waals surface area contributed by atoms with Crippen LogP contribution in [-0.2, 0) is 0 Å². The van der Waals surface area contributed by atoms with E-state index in [-0.39, 0.29) is 0 Å². The molecule has 11 heavy (non-hydrogen) atoms. The van der Waals surface area contributed by atoms with Gasteiger partial charge in [-0.15, -0.1) is 0 Å². The molecule has 1 aliphatic carbocycles. The van der Waals surface area contributed by atoms with Crippen LogP contribution < -0.4 is 0 Å². The first kappa shape index (κ1) is 6.23. The number of furan rings is 1.